The topological polar surface area (TPSA) is 0 Å². The molecule has 1 atom stereocenters. The Hall–Kier alpha value is -0.300. The predicted molar refractivity (Wildman–Crippen MR) is 55.8 cm³/mol. The molecule has 1 aromatic rings. The highest BCUT2D eigenvalue weighted by Crippen LogP contribution is 2.26. The first kappa shape index (κ1) is 8.31. The predicted octanol–water partition coefficient (Wildman–Crippen LogP) is 3.19. The average Bonchev–Trinajstić information content (AvgIpc) is 2.17. The van der Waals surface area contributed by atoms with Crippen LogP contribution in [-0.4, -0.2) is 5.33 Å². The minimum absolute atomic E-state index is 0.861. The van der Waals surface area contributed by atoms with Gasteiger partial charge in [-0.2, -0.15) is 0 Å². The van der Waals surface area contributed by atoms with Crippen LogP contribution in [0.1, 0.15) is 17.5 Å². The van der Waals surface area contributed by atoms with Crippen molar-refractivity contribution in [1.82, 2.24) is 0 Å². The molecule has 0 unspecified atom stereocenters. The Morgan fingerprint density at radius 3 is 2.75 bits per heavy atom. The highest BCUT2D eigenvalue weighted by Gasteiger charge is 2.16. The Labute approximate surface area is 82.1 Å². The van der Waals surface area contributed by atoms with E-state index in [0.717, 1.165) is 11.2 Å². The lowest BCUT2D eigenvalue weighted by Crippen LogP contribution is -2.14. The van der Waals surface area contributed by atoms with Crippen LogP contribution in [-0.2, 0) is 12.8 Å². The Bertz CT molecular complexity index is 267. The van der Waals surface area contributed by atoms with Gasteiger partial charge in [0, 0.05) is 5.33 Å². The molecule has 0 heterocycles. The normalized spacial score (nSPS) is 21.9. The van der Waals surface area contributed by atoms with Crippen molar-refractivity contribution in [3.63, 3.8) is 0 Å². The Morgan fingerprint density at radius 1 is 1.25 bits per heavy atom. The van der Waals surface area contributed by atoms with Crippen molar-refractivity contribution in [2.75, 3.05) is 5.33 Å². The lowest BCUT2D eigenvalue weighted by Gasteiger charge is -2.22. The molecule has 0 aliphatic heterocycles. The number of aryl methyl sites for hydroxylation is 1. The lowest BCUT2D eigenvalue weighted by molar-refractivity contribution is 0.512. The molecule has 64 valence electrons. The van der Waals surface area contributed by atoms with Crippen molar-refractivity contribution in [2.45, 2.75) is 19.3 Å². The summed E-state index contributed by atoms with van der Waals surface area (Å²) >= 11 is 3.56. The van der Waals surface area contributed by atoms with Gasteiger partial charge in [0.2, 0.25) is 0 Å². The Morgan fingerprint density at radius 2 is 2.00 bits per heavy atom. The number of alkyl halides is 1. The number of hydrogen-bond donors (Lipinski definition) is 0. The third-order valence-electron chi connectivity index (χ3n) is 2.67. The molecule has 0 fully saturated rings. The molecule has 0 bridgehead atoms. The second kappa shape index (κ2) is 3.61. The highest BCUT2D eigenvalue weighted by molar-refractivity contribution is 9.09. The largest absolute Gasteiger partial charge is 0.0925 e. The molecule has 1 heteroatoms. The van der Waals surface area contributed by atoms with Crippen molar-refractivity contribution in [1.29, 1.82) is 0 Å². The Balaban J connectivity index is 2.23. The van der Waals surface area contributed by atoms with Crippen molar-refractivity contribution < 1.29 is 0 Å². The van der Waals surface area contributed by atoms with Gasteiger partial charge >= 0.3 is 0 Å². The summed E-state index contributed by atoms with van der Waals surface area (Å²) in [5, 5.41) is 1.15. The standard InChI is InChI=1S/C11H13Br/c12-8-9-5-6-10-3-1-2-4-11(10)7-9/h1-4,9H,5-8H2/t9-/m0/s1. The summed E-state index contributed by atoms with van der Waals surface area (Å²) in [6.07, 6.45) is 3.89. The lowest BCUT2D eigenvalue weighted by atomic mass is 9.85. The summed E-state index contributed by atoms with van der Waals surface area (Å²) in [4.78, 5) is 0. The summed E-state index contributed by atoms with van der Waals surface area (Å²) in [5.41, 5.74) is 3.13. The molecule has 1 aromatic carbocycles. The van der Waals surface area contributed by atoms with Crippen LogP contribution >= 0.6 is 15.9 Å². The molecule has 0 spiro atoms. The van der Waals surface area contributed by atoms with Crippen molar-refractivity contribution in [3.05, 3.63) is 35.4 Å². The molecule has 0 aromatic heterocycles. The number of benzene rings is 1. The van der Waals surface area contributed by atoms with Gasteiger partial charge in [-0.1, -0.05) is 40.2 Å². The zero-order chi connectivity index (χ0) is 8.39. The van der Waals surface area contributed by atoms with Gasteiger partial charge in [0.15, 0.2) is 0 Å². The van der Waals surface area contributed by atoms with Gasteiger partial charge in [-0.25, -0.2) is 0 Å². The maximum absolute atomic E-state index is 3.56. The second-order valence-corrected chi connectivity index (χ2v) is 4.18. The second-order valence-electron chi connectivity index (χ2n) is 3.53. The maximum Gasteiger partial charge on any atom is 0.00629 e. The molecule has 0 amide bonds. The zero-order valence-corrected chi connectivity index (χ0v) is 8.68. The van der Waals surface area contributed by atoms with Crippen LogP contribution in [0.2, 0.25) is 0 Å². The molecule has 0 N–H and O–H groups in total. The molecular formula is C11H13Br. The fraction of sp³-hybridized carbons (Fsp3) is 0.455. The quantitative estimate of drug-likeness (QED) is 0.644. The summed E-state index contributed by atoms with van der Waals surface area (Å²) in [6, 6.07) is 8.83. The first-order chi connectivity index (χ1) is 5.90. The van der Waals surface area contributed by atoms with Crippen molar-refractivity contribution in [3.8, 4) is 0 Å². The summed E-state index contributed by atoms with van der Waals surface area (Å²) in [7, 11) is 0. The number of hydrogen-bond acceptors (Lipinski definition) is 0. The van der Waals surface area contributed by atoms with Crippen molar-refractivity contribution >= 4 is 15.9 Å². The van der Waals surface area contributed by atoms with E-state index in [1.165, 1.54) is 19.3 Å². The van der Waals surface area contributed by atoms with Crippen LogP contribution in [0.4, 0.5) is 0 Å². The fourth-order valence-corrected chi connectivity index (χ4v) is 2.46. The SMILES string of the molecule is BrC[C@H]1CCc2ccccc2C1. The van der Waals surface area contributed by atoms with Gasteiger partial charge in [-0.3, -0.25) is 0 Å². The van der Waals surface area contributed by atoms with Crippen LogP contribution in [0, 0.1) is 5.92 Å². The molecule has 1 aliphatic carbocycles. The Kier molecular flexibility index (Phi) is 2.50. The van der Waals surface area contributed by atoms with Crippen LogP contribution in [0.15, 0.2) is 24.3 Å². The van der Waals surface area contributed by atoms with Crippen molar-refractivity contribution in [2.24, 2.45) is 5.92 Å². The minimum Gasteiger partial charge on any atom is -0.0925 e. The van der Waals surface area contributed by atoms with E-state index in [1.807, 2.05) is 0 Å². The minimum atomic E-state index is 0.861. The third-order valence-corrected chi connectivity index (χ3v) is 3.58. The molecule has 0 saturated heterocycles. The fourth-order valence-electron chi connectivity index (χ4n) is 1.90. The van der Waals surface area contributed by atoms with Crippen LogP contribution in [0.5, 0.6) is 0 Å². The van der Waals surface area contributed by atoms with Gasteiger partial charge in [-0.15, -0.1) is 0 Å². The van der Waals surface area contributed by atoms with E-state index in [4.69, 9.17) is 0 Å². The van der Waals surface area contributed by atoms with Gasteiger partial charge < -0.3 is 0 Å². The van der Waals surface area contributed by atoms with Gasteiger partial charge in [0.25, 0.3) is 0 Å². The zero-order valence-electron chi connectivity index (χ0n) is 7.09. The molecular weight excluding hydrogens is 212 g/mol. The maximum atomic E-state index is 3.56. The van der Waals surface area contributed by atoms with E-state index in [0.29, 0.717) is 0 Å². The third kappa shape index (κ3) is 1.56. The smallest absolute Gasteiger partial charge is 0.00629 e. The summed E-state index contributed by atoms with van der Waals surface area (Å²) in [5.74, 6) is 0.861. The number of halogens is 1. The molecule has 1 aliphatic rings. The molecule has 0 saturated carbocycles. The summed E-state index contributed by atoms with van der Waals surface area (Å²) < 4.78 is 0. The first-order valence-corrected chi connectivity index (χ1v) is 5.65. The molecule has 2 rings (SSSR count). The summed E-state index contributed by atoms with van der Waals surface area (Å²) in [6.45, 7) is 0. The highest BCUT2D eigenvalue weighted by atomic mass is 79.9. The van der Waals surface area contributed by atoms with Crippen LogP contribution < -0.4 is 0 Å². The van der Waals surface area contributed by atoms with Gasteiger partial charge in [0.1, 0.15) is 0 Å². The van der Waals surface area contributed by atoms with E-state index in [9.17, 15) is 0 Å². The number of rotatable bonds is 1. The van der Waals surface area contributed by atoms with Gasteiger partial charge in [0.05, 0.1) is 0 Å². The monoisotopic (exact) mass is 224 g/mol. The van der Waals surface area contributed by atoms with E-state index in [2.05, 4.69) is 40.2 Å². The average molecular weight is 225 g/mol. The van der Waals surface area contributed by atoms with E-state index < -0.39 is 0 Å². The van der Waals surface area contributed by atoms with E-state index in [1.54, 1.807) is 11.1 Å². The van der Waals surface area contributed by atoms with Crippen LogP contribution in [0.3, 0.4) is 0 Å². The van der Waals surface area contributed by atoms with Gasteiger partial charge in [-0.05, 0) is 36.3 Å². The first-order valence-electron chi connectivity index (χ1n) is 4.53. The van der Waals surface area contributed by atoms with E-state index >= 15 is 0 Å². The number of fused-ring (bicyclic) bond motifs is 1. The molecule has 12 heavy (non-hydrogen) atoms. The van der Waals surface area contributed by atoms with E-state index in [-0.39, 0.29) is 0 Å². The van der Waals surface area contributed by atoms with Crippen LogP contribution in [0.25, 0.3) is 0 Å². The molecule has 0 nitrogen and oxygen atoms in total. The molecule has 0 radical (unpaired) electrons.